The van der Waals surface area contributed by atoms with Gasteiger partial charge in [-0.25, -0.2) is 13.1 Å². The lowest BCUT2D eigenvalue weighted by Gasteiger charge is -2.04. The molecule has 0 heterocycles. The molecule has 13 heavy (non-hydrogen) atoms. The minimum atomic E-state index is -3.14. The number of unbranched alkanes of at least 4 members (excludes halogenated alkanes) is 1. The number of rotatable bonds is 8. The van der Waals surface area contributed by atoms with E-state index >= 15 is 0 Å². The van der Waals surface area contributed by atoms with Crippen molar-refractivity contribution < 1.29 is 13.5 Å². The maximum Gasteiger partial charge on any atom is 0.211 e. The van der Waals surface area contributed by atoms with Crippen molar-refractivity contribution in [2.45, 2.75) is 19.3 Å². The fraction of sp³-hybridized carbons (Fsp3) is 1.00. The van der Waals surface area contributed by atoms with E-state index in [0.717, 1.165) is 0 Å². The highest BCUT2D eigenvalue weighted by atomic mass is 35.5. The number of halogens is 1. The van der Waals surface area contributed by atoms with Crippen molar-refractivity contribution in [3.63, 3.8) is 0 Å². The van der Waals surface area contributed by atoms with Crippen LogP contribution in [0.25, 0.3) is 0 Å². The number of hydrogen-bond acceptors (Lipinski definition) is 3. The van der Waals surface area contributed by atoms with E-state index in [1.54, 1.807) is 0 Å². The summed E-state index contributed by atoms with van der Waals surface area (Å²) >= 11 is 5.37. The molecule has 0 aromatic carbocycles. The molecule has 0 amide bonds. The van der Waals surface area contributed by atoms with Gasteiger partial charge in [-0.3, -0.25) is 0 Å². The topological polar surface area (TPSA) is 66.4 Å². The first kappa shape index (κ1) is 13.2. The summed E-state index contributed by atoms with van der Waals surface area (Å²) in [7, 11) is -3.14. The molecule has 6 heteroatoms. The van der Waals surface area contributed by atoms with Gasteiger partial charge in [-0.1, -0.05) is 0 Å². The number of hydrogen-bond donors (Lipinski definition) is 2. The van der Waals surface area contributed by atoms with Gasteiger partial charge >= 0.3 is 0 Å². The average molecular weight is 230 g/mol. The Balaban J connectivity index is 3.52. The van der Waals surface area contributed by atoms with Gasteiger partial charge in [0.05, 0.1) is 5.75 Å². The van der Waals surface area contributed by atoms with Gasteiger partial charge < -0.3 is 5.11 Å². The average Bonchev–Trinajstić information content (AvgIpc) is 2.09. The van der Waals surface area contributed by atoms with E-state index < -0.39 is 10.0 Å². The standard InChI is InChI=1S/C7H16ClNO3S/c8-4-3-7-13(11,12)9-5-1-2-6-10/h9-10H,1-7H2. The first-order chi connectivity index (χ1) is 6.12. The van der Waals surface area contributed by atoms with Gasteiger partial charge in [0.1, 0.15) is 0 Å². The second-order valence-electron chi connectivity index (χ2n) is 2.69. The summed E-state index contributed by atoms with van der Waals surface area (Å²) in [5, 5.41) is 8.44. The normalized spacial score (nSPS) is 11.8. The fourth-order valence-corrected chi connectivity index (χ4v) is 2.20. The molecule has 80 valence electrons. The molecule has 0 aliphatic rings. The van der Waals surface area contributed by atoms with Gasteiger partial charge in [0.2, 0.25) is 10.0 Å². The summed E-state index contributed by atoms with van der Waals surface area (Å²) in [6.45, 7) is 0.495. The molecular weight excluding hydrogens is 214 g/mol. The third-order valence-corrected chi connectivity index (χ3v) is 3.19. The second kappa shape index (κ2) is 7.55. The van der Waals surface area contributed by atoms with Crippen LogP contribution < -0.4 is 4.72 Å². The van der Waals surface area contributed by atoms with Crippen LogP contribution in [0.4, 0.5) is 0 Å². The zero-order valence-electron chi connectivity index (χ0n) is 7.50. The summed E-state index contributed by atoms with van der Waals surface area (Å²) in [5.41, 5.74) is 0. The van der Waals surface area contributed by atoms with Crippen molar-refractivity contribution in [2.75, 3.05) is 24.8 Å². The van der Waals surface area contributed by atoms with Gasteiger partial charge in [0.25, 0.3) is 0 Å². The van der Waals surface area contributed by atoms with Crippen LogP contribution in [-0.2, 0) is 10.0 Å². The van der Waals surface area contributed by atoms with Crippen molar-refractivity contribution in [1.82, 2.24) is 4.72 Å². The quantitative estimate of drug-likeness (QED) is 0.465. The Kier molecular flexibility index (Phi) is 7.65. The summed E-state index contributed by atoms with van der Waals surface area (Å²) < 4.78 is 24.7. The molecule has 2 N–H and O–H groups in total. The lowest BCUT2D eigenvalue weighted by molar-refractivity contribution is 0.285. The molecule has 0 saturated heterocycles. The molecule has 0 atom stereocenters. The minimum absolute atomic E-state index is 0.0790. The van der Waals surface area contributed by atoms with Crippen molar-refractivity contribution in [3.8, 4) is 0 Å². The molecule has 0 aliphatic heterocycles. The molecule has 0 fully saturated rings. The van der Waals surface area contributed by atoms with E-state index in [-0.39, 0.29) is 12.4 Å². The smallest absolute Gasteiger partial charge is 0.211 e. The Bertz CT molecular complexity index is 206. The molecular formula is C7H16ClNO3S. The van der Waals surface area contributed by atoms with Gasteiger partial charge in [0, 0.05) is 19.0 Å². The third kappa shape index (κ3) is 8.49. The van der Waals surface area contributed by atoms with Crippen LogP contribution in [0.5, 0.6) is 0 Å². The molecule has 0 spiro atoms. The van der Waals surface area contributed by atoms with Gasteiger partial charge in [-0.2, -0.15) is 0 Å². The zero-order chi connectivity index (χ0) is 10.2. The third-order valence-electron chi connectivity index (χ3n) is 1.45. The monoisotopic (exact) mass is 229 g/mol. The molecule has 0 bridgehead atoms. The lowest BCUT2D eigenvalue weighted by Crippen LogP contribution is -2.27. The van der Waals surface area contributed by atoms with Crippen LogP contribution in [0.15, 0.2) is 0 Å². The van der Waals surface area contributed by atoms with Crippen LogP contribution in [0.3, 0.4) is 0 Å². The predicted molar refractivity (Wildman–Crippen MR) is 53.4 cm³/mol. The molecule has 4 nitrogen and oxygen atoms in total. The SMILES string of the molecule is O=S(=O)(CCCCl)NCCCCO. The van der Waals surface area contributed by atoms with Crippen LogP contribution in [0, 0.1) is 0 Å². The Morgan fingerprint density at radius 1 is 1.23 bits per heavy atom. The largest absolute Gasteiger partial charge is 0.396 e. The van der Waals surface area contributed by atoms with Crippen molar-refractivity contribution in [1.29, 1.82) is 0 Å². The molecule has 0 saturated carbocycles. The number of aliphatic hydroxyl groups excluding tert-OH is 1. The number of nitrogens with one attached hydrogen (secondary N) is 1. The number of alkyl halides is 1. The summed E-state index contributed by atoms with van der Waals surface area (Å²) in [4.78, 5) is 0. The maximum atomic E-state index is 11.1. The first-order valence-electron chi connectivity index (χ1n) is 4.26. The number of sulfonamides is 1. The molecule has 0 aliphatic carbocycles. The highest BCUT2D eigenvalue weighted by Gasteiger charge is 2.07. The minimum Gasteiger partial charge on any atom is -0.396 e. The molecule has 0 rings (SSSR count). The zero-order valence-corrected chi connectivity index (χ0v) is 9.07. The maximum absolute atomic E-state index is 11.1. The Hall–Kier alpha value is 0.160. The second-order valence-corrected chi connectivity index (χ2v) is 4.99. The van der Waals surface area contributed by atoms with Gasteiger partial charge in [-0.15, -0.1) is 11.6 Å². The van der Waals surface area contributed by atoms with Crippen LogP contribution in [0.1, 0.15) is 19.3 Å². The molecule has 0 aromatic heterocycles. The van der Waals surface area contributed by atoms with E-state index in [1.165, 1.54) is 0 Å². The Morgan fingerprint density at radius 2 is 1.92 bits per heavy atom. The van der Waals surface area contributed by atoms with E-state index in [1.807, 2.05) is 0 Å². The van der Waals surface area contributed by atoms with E-state index in [2.05, 4.69) is 4.72 Å². The van der Waals surface area contributed by atoms with Crippen molar-refractivity contribution in [2.24, 2.45) is 0 Å². The van der Waals surface area contributed by atoms with E-state index in [0.29, 0.717) is 31.7 Å². The van der Waals surface area contributed by atoms with Crippen LogP contribution in [-0.4, -0.2) is 38.3 Å². The lowest BCUT2D eigenvalue weighted by atomic mass is 10.3. The van der Waals surface area contributed by atoms with Crippen LogP contribution in [0.2, 0.25) is 0 Å². The predicted octanol–water partition coefficient (Wildman–Crippen LogP) is 0.307. The summed E-state index contributed by atoms with van der Waals surface area (Å²) in [5.74, 6) is 0.438. The Morgan fingerprint density at radius 3 is 2.46 bits per heavy atom. The van der Waals surface area contributed by atoms with E-state index in [4.69, 9.17) is 16.7 Å². The van der Waals surface area contributed by atoms with Crippen molar-refractivity contribution in [3.05, 3.63) is 0 Å². The highest BCUT2D eigenvalue weighted by molar-refractivity contribution is 7.89. The first-order valence-corrected chi connectivity index (χ1v) is 6.45. The van der Waals surface area contributed by atoms with E-state index in [9.17, 15) is 8.42 Å². The summed E-state index contributed by atoms with van der Waals surface area (Å²) in [6, 6.07) is 0. The molecule has 0 unspecified atom stereocenters. The summed E-state index contributed by atoms with van der Waals surface area (Å²) in [6.07, 6.45) is 1.76. The van der Waals surface area contributed by atoms with Crippen molar-refractivity contribution >= 4 is 21.6 Å². The fourth-order valence-electron chi connectivity index (χ4n) is 0.781. The van der Waals surface area contributed by atoms with Gasteiger partial charge in [-0.05, 0) is 19.3 Å². The van der Waals surface area contributed by atoms with Gasteiger partial charge in [0.15, 0.2) is 0 Å². The number of aliphatic hydroxyl groups is 1. The molecule has 0 aromatic rings. The Labute approximate surface area is 84.3 Å². The highest BCUT2D eigenvalue weighted by Crippen LogP contribution is 1.93. The van der Waals surface area contributed by atoms with Crippen LogP contribution >= 0.6 is 11.6 Å². The molecule has 0 radical (unpaired) electrons.